The van der Waals surface area contributed by atoms with E-state index in [0.29, 0.717) is 18.6 Å². The number of likely N-dealkylation sites (tertiary alicyclic amines) is 1. The molecule has 7 nitrogen and oxygen atoms in total. The number of carbonyl (C=O) groups excluding carboxylic acids is 2. The van der Waals surface area contributed by atoms with E-state index in [1.165, 1.54) is 19.4 Å². The fourth-order valence-corrected chi connectivity index (χ4v) is 6.08. The van der Waals surface area contributed by atoms with Crippen LogP contribution in [0, 0.1) is 6.92 Å². The average Bonchev–Trinajstić information content (AvgIpc) is 3.04. The molecule has 1 aromatic rings. The molecule has 0 amide bonds. The normalized spacial score (nSPS) is 34.4. The SMILES string of the molecule is CC(=O)O[C@@H](C)C(=O)OC1=CC[C@@]2(O)[C@H]3Cc4ccc(C)c5c4[C@@]2(CCN3C)[C@H]1O5. The molecule has 1 saturated heterocycles. The lowest BCUT2D eigenvalue weighted by molar-refractivity contribution is -0.175. The number of carbonyl (C=O) groups is 2. The van der Waals surface area contributed by atoms with Gasteiger partial charge in [-0.3, -0.25) is 4.79 Å². The van der Waals surface area contributed by atoms with Gasteiger partial charge in [0.1, 0.15) is 11.5 Å². The zero-order valence-corrected chi connectivity index (χ0v) is 17.7. The van der Waals surface area contributed by atoms with E-state index < -0.39 is 35.2 Å². The Balaban J connectivity index is 1.60. The number of esters is 2. The quantitative estimate of drug-likeness (QED) is 0.756. The first-order valence-corrected chi connectivity index (χ1v) is 10.5. The molecule has 1 N–H and O–H groups in total. The second-order valence-electron chi connectivity index (χ2n) is 9.07. The molecule has 0 saturated carbocycles. The highest BCUT2D eigenvalue weighted by Gasteiger charge is 2.71. The molecule has 2 heterocycles. The van der Waals surface area contributed by atoms with Crippen molar-refractivity contribution in [1.29, 1.82) is 0 Å². The summed E-state index contributed by atoms with van der Waals surface area (Å²) in [6.45, 7) is 5.57. The van der Waals surface area contributed by atoms with Gasteiger partial charge in [0.25, 0.3) is 0 Å². The minimum Gasteiger partial charge on any atom is -0.481 e. The zero-order chi connectivity index (χ0) is 21.4. The number of benzene rings is 1. The number of hydrogen-bond acceptors (Lipinski definition) is 7. The monoisotopic (exact) mass is 413 g/mol. The van der Waals surface area contributed by atoms with Gasteiger partial charge >= 0.3 is 11.9 Å². The maximum atomic E-state index is 12.6. The topological polar surface area (TPSA) is 85.3 Å². The van der Waals surface area contributed by atoms with Crippen molar-refractivity contribution in [2.24, 2.45) is 0 Å². The number of aliphatic hydroxyl groups is 1. The van der Waals surface area contributed by atoms with Gasteiger partial charge in [-0.2, -0.15) is 0 Å². The largest absolute Gasteiger partial charge is 0.481 e. The van der Waals surface area contributed by atoms with E-state index in [4.69, 9.17) is 14.2 Å². The van der Waals surface area contributed by atoms with Crippen LogP contribution in [0.3, 0.4) is 0 Å². The Morgan fingerprint density at radius 3 is 2.87 bits per heavy atom. The number of aryl methyl sites for hydroxylation is 1. The van der Waals surface area contributed by atoms with Crippen molar-refractivity contribution in [3.05, 3.63) is 40.7 Å². The molecule has 4 aliphatic rings. The van der Waals surface area contributed by atoms with Gasteiger partial charge < -0.3 is 24.2 Å². The second-order valence-corrected chi connectivity index (χ2v) is 9.07. The number of nitrogens with zero attached hydrogens (tertiary/aromatic N) is 1. The molecular formula is C23H27NO6. The highest BCUT2D eigenvalue weighted by atomic mass is 16.6. The van der Waals surface area contributed by atoms with E-state index in [1.54, 1.807) is 6.08 Å². The Labute approximate surface area is 175 Å². The fourth-order valence-electron chi connectivity index (χ4n) is 6.08. The molecule has 1 fully saturated rings. The van der Waals surface area contributed by atoms with Crippen molar-refractivity contribution in [2.45, 2.75) is 69.3 Å². The summed E-state index contributed by atoms with van der Waals surface area (Å²) in [7, 11) is 2.06. The minimum absolute atomic E-state index is 0.0352. The van der Waals surface area contributed by atoms with E-state index >= 15 is 0 Å². The lowest BCUT2D eigenvalue weighted by Gasteiger charge is -2.61. The fraction of sp³-hybridized carbons (Fsp3) is 0.565. The van der Waals surface area contributed by atoms with Crippen LogP contribution in [-0.4, -0.2) is 59.4 Å². The molecule has 160 valence electrons. The summed E-state index contributed by atoms with van der Waals surface area (Å²) in [4.78, 5) is 26.0. The van der Waals surface area contributed by atoms with Crippen molar-refractivity contribution in [3.63, 3.8) is 0 Å². The lowest BCUT2D eigenvalue weighted by atomic mass is 9.50. The van der Waals surface area contributed by atoms with Gasteiger partial charge in [-0.1, -0.05) is 12.1 Å². The zero-order valence-electron chi connectivity index (χ0n) is 17.7. The highest BCUT2D eigenvalue weighted by Crippen LogP contribution is 2.64. The van der Waals surface area contributed by atoms with Crippen molar-refractivity contribution in [2.75, 3.05) is 13.6 Å². The van der Waals surface area contributed by atoms with Crippen LogP contribution in [0.2, 0.25) is 0 Å². The molecule has 2 aliphatic carbocycles. The third-order valence-corrected chi connectivity index (χ3v) is 7.46. The third kappa shape index (κ3) is 2.33. The maximum absolute atomic E-state index is 12.6. The average molecular weight is 413 g/mol. The van der Waals surface area contributed by atoms with E-state index in [0.717, 1.165) is 29.8 Å². The van der Waals surface area contributed by atoms with Gasteiger partial charge in [-0.05, 0) is 57.5 Å². The minimum atomic E-state index is -1.01. The van der Waals surface area contributed by atoms with Gasteiger partial charge in [0, 0.05) is 24.9 Å². The molecule has 0 radical (unpaired) electrons. The summed E-state index contributed by atoms with van der Waals surface area (Å²) in [5, 5.41) is 12.1. The standard InChI is InChI=1S/C23H27NO6/c1-12-5-6-15-11-17-23(27)8-7-16(29-21(26)13(2)28-14(3)25)20-22(23,9-10-24(17)4)18(15)19(12)30-20/h5-7,13,17,20,27H,8-11H2,1-4H3/t13-,17+,20-,22-,23+/m0/s1. The van der Waals surface area contributed by atoms with Crippen molar-refractivity contribution in [1.82, 2.24) is 4.90 Å². The second kappa shape index (κ2) is 6.31. The summed E-state index contributed by atoms with van der Waals surface area (Å²) >= 11 is 0. The Bertz CT molecular complexity index is 986. The van der Waals surface area contributed by atoms with Crippen molar-refractivity contribution < 1.29 is 28.9 Å². The first-order valence-electron chi connectivity index (χ1n) is 10.5. The number of rotatable bonds is 3. The molecule has 1 spiro atoms. The van der Waals surface area contributed by atoms with E-state index in [9.17, 15) is 14.7 Å². The lowest BCUT2D eigenvalue weighted by Crippen LogP contribution is -2.74. The Morgan fingerprint density at radius 1 is 1.37 bits per heavy atom. The van der Waals surface area contributed by atoms with E-state index in [2.05, 4.69) is 24.1 Å². The van der Waals surface area contributed by atoms with Crippen molar-refractivity contribution in [3.8, 4) is 5.75 Å². The Hall–Kier alpha value is -2.38. The molecule has 1 aromatic carbocycles. The predicted octanol–water partition coefficient (Wildman–Crippen LogP) is 1.77. The first-order chi connectivity index (χ1) is 14.2. The molecule has 0 unspecified atom stereocenters. The molecule has 5 rings (SSSR count). The Morgan fingerprint density at radius 2 is 2.13 bits per heavy atom. The molecule has 30 heavy (non-hydrogen) atoms. The number of piperidine rings is 1. The highest BCUT2D eigenvalue weighted by molar-refractivity contribution is 5.79. The smallest absolute Gasteiger partial charge is 0.352 e. The maximum Gasteiger partial charge on any atom is 0.352 e. The van der Waals surface area contributed by atoms with Crippen LogP contribution < -0.4 is 4.74 Å². The number of ether oxygens (including phenoxy) is 3. The van der Waals surface area contributed by atoms with Gasteiger partial charge in [-0.15, -0.1) is 0 Å². The number of hydrogen-bond donors (Lipinski definition) is 1. The Kier molecular flexibility index (Phi) is 4.12. The van der Waals surface area contributed by atoms with E-state index in [1.807, 2.05) is 6.92 Å². The van der Waals surface area contributed by atoms with Crippen LogP contribution in [0.1, 0.15) is 43.4 Å². The van der Waals surface area contributed by atoms with Crippen LogP contribution >= 0.6 is 0 Å². The molecule has 2 bridgehead atoms. The molecule has 5 atom stereocenters. The van der Waals surface area contributed by atoms with Crippen LogP contribution in [-0.2, 0) is 30.9 Å². The molecule has 2 aliphatic heterocycles. The molecule has 7 heteroatoms. The summed E-state index contributed by atoms with van der Waals surface area (Å²) in [6, 6.07) is 4.16. The summed E-state index contributed by atoms with van der Waals surface area (Å²) in [5.74, 6) is 0.0154. The molecule has 0 aromatic heterocycles. The summed E-state index contributed by atoms with van der Waals surface area (Å²) in [5.41, 5.74) is 1.62. The van der Waals surface area contributed by atoms with Gasteiger partial charge in [-0.25, -0.2) is 4.79 Å². The predicted molar refractivity (Wildman–Crippen MR) is 107 cm³/mol. The van der Waals surface area contributed by atoms with Gasteiger partial charge in [0.15, 0.2) is 12.2 Å². The number of likely N-dealkylation sites (N-methyl/N-ethyl adjacent to an activating group) is 1. The van der Waals surface area contributed by atoms with Gasteiger partial charge in [0.05, 0.1) is 11.0 Å². The van der Waals surface area contributed by atoms with Crippen LogP contribution in [0.4, 0.5) is 0 Å². The van der Waals surface area contributed by atoms with Crippen LogP contribution in [0.15, 0.2) is 24.0 Å². The van der Waals surface area contributed by atoms with E-state index in [-0.39, 0.29) is 6.04 Å². The third-order valence-electron chi connectivity index (χ3n) is 7.46. The van der Waals surface area contributed by atoms with Crippen LogP contribution in [0.25, 0.3) is 0 Å². The van der Waals surface area contributed by atoms with Crippen LogP contribution in [0.5, 0.6) is 5.75 Å². The summed E-state index contributed by atoms with van der Waals surface area (Å²) in [6.07, 6.45) is 2.02. The molecular weight excluding hydrogens is 386 g/mol. The van der Waals surface area contributed by atoms with Gasteiger partial charge in [0.2, 0.25) is 0 Å². The van der Waals surface area contributed by atoms with Crippen molar-refractivity contribution >= 4 is 11.9 Å². The summed E-state index contributed by atoms with van der Waals surface area (Å²) < 4.78 is 17.1. The first kappa shape index (κ1) is 19.6.